The number of rotatable bonds is 4. The second-order valence-corrected chi connectivity index (χ2v) is 7.32. The van der Waals surface area contributed by atoms with Gasteiger partial charge in [0, 0.05) is 28.4 Å². The van der Waals surface area contributed by atoms with Crippen LogP contribution < -0.4 is 5.32 Å². The fraction of sp³-hybridized carbons (Fsp3) is 0.143. The first-order chi connectivity index (χ1) is 13.5. The number of aryl methyl sites for hydroxylation is 1. The van der Waals surface area contributed by atoms with Gasteiger partial charge in [0.2, 0.25) is 0 Å². The molecule has 1 amide bonds. The molecule has 2 heterocycles. The van der Waals surface area contributed by atoms with Gasteiger partial charge in [0.15, 0.2) is 0 Å². The predicted molar refractivity (Wildman–Crippen MR) is 113 cm³/mol. The molecule has 0 aliphatic rings. The number of aliphatic hydroxyl groups excluding tert-OH is 1. The maximum atomic E-state index is 12.5. The molecule has 0 radical (unpaired) electrons. The minimum atomic E-state index is -0.348. The van der Waals surface area contributed by atoms with Crippen LogP contribution in [0.5, 0.6) is 0 Å². The van der Waals surface area contributed by atoms with Crippen molar-refractivity contribution < 1.29 is 9.90 Å². The summed E-state index contributed by atoms with van der Waals surface area (Å²) in [4.78, 5) is 20.6. The first-order valence-electron chi connectivity index (χ1n) is 8.76. The number of hydrogen-bond donors (Lipinski definition) is 3. The van der Waals surface area contributed by atoms with Crippen molar-refractivity contribution >= 4 is 50.9 Å². The van der Waals surface area contributed by atoms with Crippen LogP contribution in [0.25, 0.3) is 33.1 Å². The normalized spacial score (nSPS) is 11.3. The van der Waals surface area contributed by atoms with Gasteiger partial charge in [-0.2, -0.15) is 0 Å². The Balaban J connectivity index is 2.02. The molecule has 0 bridgehead atoms. The lowest BCUT2D eigenvalue weighted by molar-refractivity contribution is 0.0940. The number of carbonyl (C=O) groups is 1. The van der Waals surface area contributed by atoms with Crippen molar-refractivity contribution in [1.29, 1.82) is 0 Å². The van der Waals surface area contributed by atoms with Crippen molar-refractivity contribution in [1.82, 2.24) is 15.3 Å². The van der Waals surface area contributed by atoms with Gasteiger partial charge in [-0.3, -0.25) is 4.79 Å². The third kappa shape index (κ3) is 3.22. The molecule has 4 rings (SSSR count). The van der Waals surface area contributed by atoms with Gasteiger partial charge in [0.05, 0.1) is 27.9 Å². The number of aliphatic hydroxyl groups is 1. The molecule has 0 atom stereocenters. The number of fused-ring (bicyclic) bond motifs is 3. The molecule has 0 aliphatic carbocycles. The third-order valence-corrected chi connectivity index (χ3v) is 5.39. The Morgan fingerprint density at radius 2 is 1.93 bits per heavy atom. The van der Waals surface area contributed by atoms with Gasteiger partial charge < -0.3 is 15.4 Å². The van der Waals surface area contributed by atoms with Crippen molar-refractivity contribution in [2.24, 2.45) is 0 Å². The molecule has 3 N–H and O–H groups in total. The van der Waals surface area contributed by atoms with E-state index in [1.54, 1.807) is 18.2 Å². The van der Waals surface area contributed by atoms with Crippen LogP contribution in [0.3, 0.4) is 0 Å². The number of carbonyl (C=O) groups excluding carboxylic acids is 1. The molecule has 28 heavy (non-hydrogen) atoms. The molecular formula is C21H17Cl2N3O2. The first kappa shape index (κ1) is 18.7. The summed E-state index contributed by atoms with van der Waals surface area (Å²) in [5.74, 6) is -0.348. The topological polar surface area (TPSA) is 78.0 Å². The highest BCUT2D eigenvalue weighted by atomic mass is 35.5. The molecule has 2 aromatic heterocycles. The van der Waals surface area contributed by atoms with E-state index in [9.17, 15) is 4.79 Å². The van der Waals surface area contributed by atoms with Crippen molar-refractivity contribution in [3.63, 3.8) is 0 Å². The maximum absolute atomic E-state index is 12.5. The van der Waals surface area contributed by atoms with E-state index in [1.165, 1.54) is 0 Å². The van der Waals surface area contributed by atoms with E-state index in [2.05, 4.69) is 15.3 Å². The summed E-state index contributed by atoms with van der Waals surface area (Å²) >= 11 is 12.3. The summed E-state index contributed by atoms with van der Waals surface area (Å²) in [6, 6.07) is 13.0. The van der Waals surface area contributed by atoms with E-state index in [-0.39, 0.29) is 24.8 Å². The summed E-state index contributed by atoms with van der Waals surface area (Å²) in [5, 5.41) is 14.4. The van der Waals surface area contributed by atoms with Crippen molar-refractivity contribution in [2.75, 3.05) is 13.2 Å². The summed E-state index contributed by atoms with van der Waals surface area (Å²) in [7, 11) is 0. The van der Waals surface area contributed by atoms with Gasteiger partial charge in [-0.25, -0.2) is 4.98 Å². The van der Waals surface area contributed by atoms with Gasteiger partial charge in [0.25, 0.3) is 5.91 Å². The smallest absolute Gasteiger partial charge is 0.270 e. The molecule has 2 aromatic carbocycles. The van der Waals surface area contributed by atoms with Crippen molar-refractivity contribution in [3.05, 3.63) is 63.8 Å². The molecule has 0 saturated carbocycles. The number of benzene rings is 2. The number of amides is 1. The van der Waals surface area contributed by atoms with Gasteiger partial charge >= 0.3 is 0 Å². The first-order valence-corrected chi connectivity index (χ1v) is 9.51. The van der Waals surface area contributed by atoms with E-state index in [1.807, 2.05) is 31.2 Å². The second-order valence-electron chi connectivity index (χ2n) is 6.51. The van der Waals surface area contributed by atoms with Gasteiger partial charge in [-0.05, 0) is 30.7 Å². The van der Waals surface area contributed by atoms with E-state index in [4.69, 9.17) is 28.3 Å². The van der Waals surface area contributed by atoms with Crippen LogP contribution in [0.4, 0.5) is 0 Å². The average molecular weight is 414 g/mol. The van der Waals surface area contributed by atoms with Crippen LogP contribution in [0.2, 0.25) is 10.0 Å². The lowest BCUT2D eigenvalue weighted by atomic mass is 10.1. The lowest BCUT2D eigenvalue weighted by Gasteiger charge is -2.09. The fourth-order valence-corrected chi connectivity index (χ4v) is 3.59. The number of nitrogens with one attached hydrogen (secondary N) is 2. The zero-order valence-corrected chi connectivity index (χ0v) is 16.5. The van der Waals surface area contributed by atoms with Gasteiger partial charge in [-0.15, -0.1) is 0 Å². The van der Waals surface area contributed by atoms with E-state index in [0.29, 0.717) is 15.7 Å². The molecule has 5 nitrogen and oxygen atoms in total. The Labute approximate surface area is 171 Å². The molecular weight excluding hydrogens is 397 g/mol. The zero-order valence-electron chi connectivity index (χ0n) is 15.0. The number of hydrogen-bond acceptors (Lipinski definition) is 3. The molecule has 0 saturated heterocycles. The largest absolute Gasteiger partial charge is 0.395 e. The second kappa shape index (κ2) is 7.43. The number of H-pyrrole nitrogens is 1. The van der Waals surface area contributed by atoms with Crippen LogP contribution in [0.15, 0.2) is 42.5 Å². The van der Waals surface area contributed by atoms with Gasteiger partial charge in [0.1, 0.15) is 5.69 Å². The third-order valence-electron chi connectivity index (χ3n) is 4.66. The highest BCUT2D eigenvalue weighted by Crippen LogP contribution is 2.35. The molecule has 7 heteroatoms. The highest BCUT2D eigenvalue weighted by Gasteiger charge is 2.18. The SMILES string of the molecule is Cc1cccc2c1[nH]c1c(-c3ccc(Cl)c(Cl)c3)nc(C(=O)NCCO)cc12. The van der Waals surface area contributed by atoms with Crippen LogP contribution in [0, 0.1) is 6.92 Å². The molecule has 4 aromatic rings. The van der Waals surface area contributed by atoms with E-state index < -0.39 is 0 Å². The molecule has 0 aliphatic heterocycles. The number of nitrogens with zero attached hydrogens (tertiary/aromatic N) is 1. The number of para-hydroxylation sites is 1. The summed E-state index contributed by atoms with van der Waals surface area (Å²) in [6.45, 7) is 2.05. The average Bonchev–Trinajstić information content (AvgIpc) is 3.07. The Morgan fingerprint density at radius 1 is 1.11 bits per heavy atom. The number of aromatic nitrogens is 2. The van der Waals surface area contributed by atoms with Crippen LogP contribution >= 0.6 is 23.2 Å². The molecule has 0 unspecified atom stereocenters. The highest BCUT2D eigenvalue weighted by molar-refractivity contribution is 6.42. The Hall–Kier alpha value is -2.60. The maximum Gasteiger partial charge on any atom is 0.270 e. The van der Waals surface area contributed by atoms with E-state index >= 15 is 0 Å². The summed E-state index contributed by atoms with van der Waals surface area (Å²) < 4.78 is 0. The summed E-state index contributed by atoms with van der Waals surface area (Å²) in [6.07, 6.45) is 0. The Morgan fingerprint density at radius 3 is 2.68 bits per heavy atom. The van der Waals surface area contributed by atoms with Crippen LogP contribution in [0.1, 0.15) is 16.1 Å². The number of aromatic amines is 1. The Kier molecular flexibility index (Phi) is 4.98. The number of pyridine rings is 1. The fourth-order valence-electron chi connectivity index (χ4n) is 3.30. The van der Waals surface area contributed by atoms with Crippen LogP contribution in [-0.2, 0) is 0 Å². The minimum Gasteiger partial charge on any atom is -0.395 e. The minimum absolute atomic E-state index is 0.139. The summed E-state index contributed by atoms with van der Waals surface area (Å²) in [5.41, 5.74) is 4.54. The molecule has 142 valence electrons. The quantitative estimate of drug-likeness (QED) is 0.452. The molecule has 0 fully saturated rings. The lowest BCUT2D eigenvalue weighted by Crippen LogP contribution is -2.27. The zero-order chi connectivity index (χ0) is 19.8. The van der Waals surface area contributed by atoms with Gasteiger partial charge in [-0.1, -0.05) is 47.5 Å². The van der Waals surface area contributed by atoms with Crippen molar-refractivity contribution in [2.45, 2.75) is 6.92 Å². The van der Waals surface area contributed by atoms with Crippen LogP contribution in [-0.4, -0.2) is 34.1 Å². The molecule has 0 spiro atoms. The number of halogens is 2. The van der Waals surface area contributed by atoms with Crippen molar-refractivity contribution in [3.8, 4) is 11.3 Å². The standard InChI is InChI=1S/C21H17Cl2N3O2/c1-11-3-2-4-13-14-10-17(21(28)24-7-8-27)25-19(20(14)26-18(11)13)12-5-6-15(22)16(23)9-12/h2-6,9-10,26-27H,7-8H2,1H3,(H,24,28). The Bertz CT molecular complexity index is 1220. The van der Waals surface area contributed by atoms with E-state index in [0.717, 1.165) is 32.9 Å². The predicted octanol–water partition coefficient (Wildman–Crippen LogP) is 4.72. The monoisotopic (exact) mass is 413 g/mol.